The van der Waals surface area contributed by atoms with E-state index in [0.717, 1.165) is 18.5 Å². The maximum Gasteiger partial charge on any atom is 0.259 e. The number of unbranched alkanes of at least 4 members (excludes halogenated alkanes) is 1. The number of carbonyl (C=O) groups is 1. The number of benzene rings is 1. The van der Waals surface area contributed by atoms with Gasteiger partial charge in [0.2, 0.25) is 0 Å². The van der Waals surface area contributed by atoms with E-state index in [1.54, 1.807) is 24.3 Å². The minimum Gasteiger partial charge on any atom is -0.493 e. The minimum absolute atomic E-state index is 0.219. The highest BCUT2D eigenvalue weighted by atomic mass is 16.5. The Kier molecular flexibility index (Phi) is 6.21. The van der Waals surface area contributed by atoms with Gasteiger partial charge in [0.25, 0.3) is 5.91 Å². The van der Waals surface area contributed by atoms with Crippen molar-refractivity contribution in [2.75, 3.05) is 17.7 Å². The average Bonchev–Trinajstić information content (AvgIpc) is 2.55. The second-order valence-corrected chi connectivity index (χ2v) is 5.25. The Morgan fingerprint density at radius 2 is 2.17 bits per heavy atom. The van der Waals surface area contributed by atoms with E-state index in [2.05, 4.69) is 22.1 Å². The van der Waals surface area contributed by atoms with Crippen LogP contribution in [-0.2, 0) is 0 Å². The van der Waals surface area contributed by atoms with Crippen LogP contribution in [-0.4, -0.2) is 17.5 Å². The van der Waals surface area contributed by atoms with Crippen LogP contribution in [0.1, 0.15) is 35.8 Å². The lowest BCUT2D eigenvalue weighted by molar-refractivity contribution is 0.102. The number of nitrogens with one attached hydrogen (secondary N) is 1. The SMILES string of the molecule is CC#CCCCOc1cccc(NC(=O)c2ccc(C)nc2N)c1. The third-order valence-electron chi connectivity index (χ3n) is 3.29. The van der Waals surface area contributed by atoms with Gasteiger partial charge < -0.3 is 15.8 Å². The van der Waals surface area contributed by atoms with Crippen LogP contribution in [0.2, 0.25) is 0 Å². The number of carbonyl (C=O) groups excluding carboxylic acids is 1. The van der Waals surface area contributed by atoms with Gasteiger partial charge in [0.05, 0.1) is 12.2 Å². The van der Waals surface area contributed by atoms with Gasteiger partial charge in [-0.25, -0.2) is 4.98 Å². The predicted octanol–water partition coefficient (Wildman–Crippen LogP) is 3.41. The van der Waals surface area contributed by atoms with Crippen molar-refractivity contribution in [2.24, 2.45) is 0 Å². The van der Waals surface area contributed by atoms with Crippen LogP contribution < -0.4 is 15.8 Å². The third-order valence-corrected chi connectivity index (χ3v) is 3.29. The Morgan fingerprint density at radius 1 is 1.33 bits per heavy atom. The first-order valence-electron chi connectivity index (χ1n) is 7.77. The highest BCUT2D eigenvalue weighted by molar-refractivity contribution is 6.07. The number of nitrogens with zero attached hydrogens (tertiary/aromatic N) is 1. The number of nitrogen functional groups attached to an aromatic ring is 1. The number of anilines is 2. The molecule has 5 heteroatoms. The van der Waals surface area contributed by atoms with Crippen LogP contribution in [0.15, 0.2) is 36.4 Å². The monoisotopic (exact) mass is 323 g/mol. The summed E-state index contributed by atoms with van der Waals surface area (Å²) < 4.78 is 5.66. The van der Waals surface area contributed by atoms with Crippen molar-refractivity contribution in [3.05, 3.63) is 47.7 Å². The first-order chi connectivity index (χ1) is 11.6. The molecule has 0 unspecified atom stereocenters. The van der Waals surface area contributed by atoms with Crippen molar-refractivity contribution in [2.45, 2.75) is 26.7 Å². The summed E-state index contributed by atoms with van der Waals surface area (Å²) in [6.45, 7) is 4.23. The van der Waals surface area contributed by atoms with Crippen LogP contribution in [0, 0.1) is 18.8 Å². The molecule has 0 saturated heterocycles. The number of hydrogen-bond donors (Lipinski definition) is 2. The molecule has 1 heterocycles. The molecule has 0 spiro atoms. The number of aromatic nitrogens is 1. The number of pyridine rings is 1. The second kappa shape index (κ2) is 8.59. The van der Waals surface area contributed by atoms with Crippen molar-refractivity contribution in [3.63, 3.8) is 0 Å². The van der Waals surface area contributed by atoms with Crippen molar-refractivity contribution in [3.8, 4) is 17.6 Å². The molecule has 24 heavy (non-hydrogen) atoms. The van der Waals surface area contributed by atoms with Crippen LogP contribution in [0.3, 0.4) is 0 Å². The average molecular weight is 323 g/mol. The standard InChI is InChI=1S/C19H21N3O2/c1-3-4-5-6-12-24-16-9-7-8-15(13-16)22-19(23)17-11-10-14(2)21-18(17)20/h7-11,13H,5-6,12H2,1-2H3,(H2,20,21)(H,22,23). The number of rotatable bonds is 6. The summed E-state index contributed by atoms with van der Waals surface area (Å²) >= 11 is 0. The van der Waals surface area contributed by atoms with Gasteiger partial charge in [-0.1, -0.05) is 6.07 Å². The highest BCUT2D eigenvalue weighted by Gasteiger charge is 2.11. The summed E-state index contributed by atoms with van der Waals surface area (Å²) in [5.74, 6) is 6.47. The number of ether oxygens (including phenoxy) is 1. The van der Waals surface area contributed by atoms with Gasteiger partial charge in [-0.3, -0.25) is 4.79 Å². The van der Waals surface area contributed by atoms with Gasteiger partial charge >= 0.3 is 0 Å². The smallest absolute Gasteiger partial charge is 0.259 e. The van der Waals surface area contributed by atoms with E-state index in [1.807, 2.05) is 26.0 Å². The van der Waals surface area contributed by atoms with E-state index in [0.29, 0.717) is 23.6 Å². The molecule has 2 rings (SSSR count). The molecule has 124 valence electrons. The first-order valence-corrected chi connectivity index (χ1v) is 7.77. The second-order valence-electron chi connectivity index (χ2n) is 5.25. The topological polar surface area (TPSA) is 77.2 Å². The quantitative estimate of drug-likeness (QED) is 0.631. The Labute approximate surface area is 142 Å². The van der Waals surface area contributed by atoms with Gasteiger partial charge in [0.1, 0.15) is 11.6 Å². The lowest BCUT2D eigenvalue weighted by atomic mass is 10.2. The Bertz CT molecular complexity index is 776. The lowest BCUT2D eigenvalue weighted by Crippen LogP contribution is -2.15. The largest absolute Gasteiger partial charge is 0.493 e. The summed E-state index contributed by atoms with van der Waals surface area (Å²) in [6.07, 6.45) is 1.68. The number of aryl methyl sites for hydroxylation is 1. The van der Waals surface area contributed by atoms with Gasteiger partial charge in [-0.15, -0.1) is 11.8 Å². The van der Waals surface area contributed by atoms with Crippen molar-refractivity contribution in [1.29, 1.82) is 0 Å². The molecule has 1 amide bonds. The van der Waals surface area contributed by atoms with E-state index in [1.165, 1.54) is 0 Å². The molecule has 0 aliphatic rings. The Morgan fingerprint density at radius 3 is 2.92 bits per heavy atom. The van der Waals surface area contributed by atoms with Crippen LogP contribution in [0.25, 0.3) is 0 Å². The fraction of sp³-hybridized carbons (Fsp3) is 0.263. The highest BCUT2D eigenvalue weighted by Crippen LogP contribution is 2.19. The van der Waals surface area contributed by atoms with Crippen LogP contribution >= 0.6 is 0 Å². The molecule has 0 atom stereocenters. The summed E-state index contributed by atoms with van der Waals surface area (Å²) in [5.41, 5.74) is 7.57. The molecule has 2 aromatic rings. The number of nitrogens with two attached hydrogens (primary N) is 1. The molecule has 0 bridgehead atoms. The molecule has 5 nitrogen and oxygen atoms in total. The summed E-state index contributed by atoms with van der Waals surface area (Å²) in [5, 5.41) is 2.81. The molecular weight excluding hydrogens is 302 g/mol. The predicted molar refractivity (Wildman–Crippen MR) is 96.0 cm³/mol. The van der Waals surface area contributed by atoms with Gasteiger partial charge in [0, 0.05) is 23.9 Å². The number of hydrogen-bond acceptors (Lipinski definition) is 4. The van der Waals surface area contributed by atoms with Gasteiger partial charge in [-0.05, 0) is 44.5 Å². The van der Waals surface area contributed by atoms with Gasteiger partial charge in [-0.2, -0.15) is 0 Å². The van der Waals surface area contributed by atoms with Crippen molar-refractivity contribution >= 4 is 17.4 Å². The molecule has 0 aliphatic carbocycles. The van der Waals surface area contributed by atoms with Crippen LogP contribution in [0.4, 0.5) is 11.5 Å². The van der Waals surface area contributed by atoms with E-state index in [9.17, 15) is 4.79 Å². The molecular formula is C19H21N3O2. The van der Waals surface area contributed by atoms with E-state index < -0.39 is 0 Å². The van der Waals surface area contributed by atoms with Gasteiger partial charge in [0.15, 0.2) is 0 Å². The maximum absolute atomic E-state index is 12.3. The van der Waals surface area contributed by atoms with Crippen molar-refractivity contribution in [1.82, 2.24) is 4.98 Å². The Balaban J connectivity index is 1.98. The molecule has 0 radical (unpaired) electrons. The van der Waals surface area contributed by atoms with E-state index in [-0.39, 0.29) is 11.7 Å². The molecule has 3 N–H and O–H groups in total. The zero-order valence-corrected chi connectivity index (χ0v) is 13.9. The fourth-order valence-corrected chi connectivity index (χ4v) is 2.11. The zero-order chi connectivity index (χ0) is 17.4. The summed E-state index contributed by atoms with van der Waals surface area (Å²) in [4.78, 5) is 16.4. The van der Waals surface area contributed by atoms with E-state index in [4.69, 9.17) is 10.5 Å². The molecule has 0 saturated carbocycles. The van der Waals surface area contributed by atoms with E-state index >= 15 is 0 Å². The summed E-state index contributed by atoms with van der Waals surface area (Å²) in [7, 11) is 0. The molecule has 1 aromatic carbocycles. The summed E-state index contributed by atoms with van der Waals surface area (Å²) in [6, 6.07) is 10.7. The van der Waals surface area contributed by atoms with Crippen LogP contribution in [0.5, 0.6) is 5.75 Å². The third kappa shape index (κ3) is 5.03. The molecule has 0 aliphatic heterocycles. The lowest BCUT2D eigenvalue weighted by Gasteiger charge is -2.10. The minimum atomic E-state index is -0.296. The first kappa shape index (κ1) is 17.4. The molecule has 0 fully saturated rings. The fourth-order valence-electron chi connectivity index (χ4n) is 2.11. The maximum atomic E-state index is 12.3. The normalized spacial score (nSPS) is 9.75. The number of amides is 1. The molecule has 1 aromatic heterocycles. The van der Waals surface area contributed by atoms with Crippen molar-refractivity contribution < 1.29 is 9.53 Å². The Hall–Kier alpha value is -3.00. The zero-order valence-electron chi connectivity index (χ0n) is 13.9.